The van der Waals surface area contributed by atoms with E-state index in [9.17, 15) is 9.59 Å². The molecular formula is C20H20N6O2. The number of hydrogen-bond donors (Lipinski definition) is 2. The van der Waals surface area contributed by atoms with Crippen LogP contribution in [0.25, 0.3) is 0 Å². The lowest BCUT2D eigenvalue weighted by Crippen LogP contribution is -2.48. The predicted octanol–water partition coefficient (Wildman–Crippen LogP) is 2.02. The van der Waals surface area contributed by atoms with Crippen LogP contribution in [0.4, 0.5) is 11.4 Å². The molecule has 2 heterocycles. The van der Waals surface area contributed by atoms with Gasteiger partial charge < -0.3 is 15.1 Å². The molecule has 8 nitrogen and oxygen atoms in total. The molecule has 1 aromatic heterocycles. The molecule has 0 aliphatic carbocycles. The molecule has 1 saturated heterocycles. The summed E-state index contributed by atoms with van der Waals surface area (Å²) in [6, 6.07) is 17.0. The molecule has 0 saturated carbocycles. The van der Waals surface area contributed by atoms with Crippen molar-refractivity contribution in [2.45, 2.75) is 0 Å². The number of carbonyl (C=O) groups is 2. The highest BCUT2D eigenvalue weighted by atomic mass is 16.2. The van der Waals surface area contributed by atoms with Crippen molar-refractivity contribution in [3.05, 3.63) is 72.3 Å². The average molecular weight is 376 g/mol. The number of nitrogens with zero attached hydrogens (tertiary/aromatic N) is 4. The fourth-order valence-electron chi connectivity index (χ4n) is 3.19. The fourth-order valence-corrected chi connectivity index (χ4v) is 3.19. The molecule has 1 aliphatic heterocycles. The summed E-state index contributed by atoms with van der Waals surface area (Å²) in [6.07, 6.45) is 1.29. The topological polar surface area (TPSA) is 94.2 Å². The van der Waals surface area contributed by atoms with Crippen molar-refractivity contribution < 1.29 is 9.59 Å². The minimum Gasteiger partial charge on any atom is -0.368 e. The first-order chi connectivity index (χ1) is 13.7. The van der Waals surface area contributed by atoms with Gasteiger partial charge in [0.05, 0.1) is 0 Å². The number of aromatic nitrogens is 3. The van der Waals surface area contributed by atoms with E-state index in [-0.39, 0.29) is 17.6 Å². The van der Waals surface area contributed by atoms with E-state index in [0.29, 0.717) is 18.8 Å². The zero-order valence-corrected chi connectivity index (χ0v) is 15.2. The number of benzene rings is 2. The zero-order valence-electron chi connectivity index (χ0n) is 15.2. The van der Waals surface area contributed by atoms with E-state index in [1.807, 2.05) is 59.5 Å². The van der Waals surface area contributed by atoms with E-state index in [1.165, 1.54) is 6.33 Å². The number of aromatic amines is 1. The molecule has 0 radical (unpaired) electrons. The molecule has 0 bridgehead atoms. The third-order valence-electron chi connectivity index (χ3n) is 4.71. The van der Waals surface area contributed by atoms with Gasteiger partial charge in [0.15, 0.2) is 0 Å². The lowest BCUT2D eigenvalue weighted by Gasteiger charge is -2.36. The molecule has 2 N–H and O–H groups in total. The summed E-state index contributed by atoms with van der Waals surface area (Å²) in [6.45, 7) is 2.89. The molecule has 4 rings (SSSR count). The first kappa shape index (κ1) is 17.7. The van der Waals surface area contributed by atoms with E-state index >= 15 is 0 Å². The Labute approximate surface area is 162 Å². The van der Waals surface area contributed by atoms with Crippen LogP contribution in [-0.4, -0.2) is 58.1 Å². The van der Waals surface area contributed by atoms with Crippen LogP contribution in [0.5, 0.6) is 0 Å². The van der Waals surface area contributed by atoms with Crippen LogP contribution < -0.4 is 10.2 Å². The number of rotatable bonds is 4. The standard InChI is InChI=1S/C20H20N6O2/c27-19(18-21-14-22-24-18)23-16-6-8-17(9-7-16)25-10-12-26(13-11-25)20(28)15-4-2-1-3-5-15/h1-9,14H,10-13H2,(H,23,27)(H,21,22,24). The van der Waals surface area contributed by atoms with Crippen LogP contribution >= 0.6 is 0 Å². The van der Waals surface area contributed by atoms with E-state index in [0.717, 1.165) is 24.3 Å². The van der Waals surface area contributed by atoms with Gasteiger partial charge in [-0.15, -0.1) is 0 Å². The normalized spacial score (nSPS) is 14.0. The fraction of sp³-hybridized carbons (Fsp3) is 0.200. The third-order valence-corrected chi connectivity index (χ3v) is 4.71. The van der Waals surface area contributed by atoms with Crippen LogP contribution in [0, 0.1) is 0 Å². The second-order valence-electron chi connectivity index (χ2n) is 6.48. The third kappa shape index (κ3) is 3.85. The number of carbonyl (C=O) groups excluding carboxylic acids is 2. The van der Waals surface area contributed by atoms with Crippen LogP contribution in [0.15, 0.2) is 60.9 Å². The maximum Gasteiger partial charge on any atom is 0.292 e. The van der Waals surface area contributed by atoms with Gasteiger partial charge in [0.25, 0.3) is 11.8 Å². The Bertz CT molecular complexity index is 933. The van der Waals surface area contributed by atoms with Gasteiger partial charge in [0.1, 0.15) is 6.33 Å². The van der Waals surface area contributed by atoms with Gasteiger partial charge in [-0.1, -0.05) is 18.2 Å². The lowest BCUT2D eigenvalue weighted by molar-refractivity contribution is 0.0746. The van der Waals surface area contributed by atoms with Gasteiger partial charge in [-0.25, -0.2) is 4.98 Å². The molecule has 0 unspecified atom stereocenters. The summed E-state index contributed by atoms with van der Waals surface area (Å²) >= 11 is 0. The molecule has 0 atom stereocenters. The second-order valence-corrected chi connectivity index (χ2v) is 6.48. The Kier molecular flexibility index (Phi) is 5.01. The van der Waals surface area contributed by atoms with E-state index in [1.54, 1.807) is 0 Å². The smallest absolute Gasteiger partial charge is 0.292 e. The van der Waals surface area contributed by atoms with Crippen LogP contribution in [0.2, 0.25) is 0 Å². The van der Waals surface area contributed by atoms with Crippen molar-refractivity contribution in [1.29, 1.82) is 0 Å². The summed E-state index contributed by atoms with van der Waals surface area (Å²) in [4.78, 5) is 32.5. The molecule has 2 amide bonds. The molecule has 8 heteroatoms. The molecule has 142 valence electrons. The number of hydrogen-bond acceptors (Lipinski definition) is 5. The van der Waals surface area contributed by atoms with Crippen molar-refractivity contribution in [2.24, 2.45) is 0 Å². The van der Waals surface area contributed by atoms with Crippen molar-refractivity contribution in [2.75, 3.05) is 36.4 Å². The van der Waals surface area contributed by atoms with Crippen molar-refractivity contribution in [1.82, 2.24) is 20.1 Å². The maximum absolute atomic E-state index is 12.5. The molecule has 2 aromatic carbocycles. The highest BCUT2D eigenvalue weighted by Crippen LogP contribution is 2.20. The van der Waals surface area contributed by atoms with E-state index < -0.39 is 0 Å². The molecular weight excluding hydrogens is 356 g/mol. The summed E-state index contributed by atoms with van der Waals surface area (Å²) in [7, 11) is 0. The van der Waals surface area contributed by atoms with Crippen LogP contribution in [0.1, 0.15) is 21.0 Å². The first-order valence-electron chi connectivity index (χ1n) is 9.07. The van der Waals surface area contributed by atoms with Gasteiger partial charge in [-0.3, -0.25) is 14.7 Å². The average Bonchev–Trinajstić information content (AvgIpc) is 3.30. The summed E-state index contributed by atoms with van der Waals surface area (Å²) in [5.41, 5.74) is 2.47. The molecule has 3 aromatic rings. The predicted molar refractivity (Wildman–Crippen MR) is 105 cm³/mol. The first-order valence-corrected chi connectivity index (χ1v) is 9.07. The lowest BCUT2D eigenvalue weighted by atomic mass is 10.1. The Balaban J connectivity index is 1.33. The van der Waals surface area contributed by atoms with Crippen molar-refractivity contribution in [3.63, 3.8) is 0 Å². The number of piperazine rings is 1. The number of amides is 2. The maximum atomic E-state index is 12.5. The van der Waals surface area contributed by atoms with Gasteiger partial charge in [0, 0.05) is 43.1 Å². The number of H-pyrrole nitrogens is 1. The summed E-state index contributed by atoms with van der Waals surface area (Å²) in [5.74, 6) is -0.0905. The summed E-state index contributed by atoms with van der Waals surface area (Å²) < 4.78 is 0. The largest absolute Gasteiger partial charge is 0.368 e. The number of nitrogens with one attached hydrogen (secondary N) is 2. The Morgan fingerprint density at radius 1 is 0.929 bits per heavy atom. The zero-order chi connectivity index (χ0) is 19.3. The second kappa shape index (κ2) is 7.91. The van der Waals surface area contributed by atoms with Gasteiger partial charge >= 0.3 is 0 Å². The Morgan fingerprint density at radius 3 is 2.29 bits per heavy atom. The highest BCUT2D eigenvalue weighted by Gasteiger charge is 2.22. The SMILES string of the molecule is O=C(Nc1ccc(N2CCN(C(=O)c3ccccc3)CC2)cc1)c1ncn[nH]1. The molecule has 1 fully saturated rings. The van der Waals surface area contributed by atoms with Gasteiger partial charge in [-0.05, 0) is 36.4 Å². The highest BCUT2D eigenvalue weighted by molar-refractivity contribution is 6.01. The van der Waals surface area contributed by atoms with E-state index in [2.05, 4.69) is 25.4 Å². The summed E-state index contributed by atoms with van der Waals surface area (Å²) in [5, 5.41) is 8.97. The quantitative estimate of drug-likeness (QED) is 0.727. The van der Waals surface area contributed by atoms with Crippen molar-refractivity contribution in [3.8, 4) is 0 Å². The monoisotopic (exact) mass is 376 g/mol. The van der Waals surface area contributed by atoms with E-state index in [4.69, 9.17) is 0 Å². The minimum absolute atomic E-state index is 0.0747. The van der Waals surface area contributed by atoms with Crippen LogP contribution in [0.3, 0.4) is 0 Å². The Hall–Kier alpha value is -3.68. The molecule has 0 spiro atoms. The Morgan fingerprint density at radius 2 is 1.64 bits per heavy atom. The van der Waals surface area contributed by atoms with Gasteiger partial charge in [0.2, 0.25) is 5.82 Å². The van der Waals surface area contributed by atoms with Crippen LogP contribution in [-0.2, 0) is 0 Å². The number of anilines is 2. The van der Waals surface area contributed by atoms with Gasteiger partial charge in [-0.2, -0.15) is 5.10 Å². The van der Waals surface area contributed by atoms with Crippen molar-refractivity contribution >= 4 is 23.2 Å². The molecule has 1 aliphatic rings. The molecule has 28 heavy (non-hydrogen) atoms. The minimum atomic E-state index is -0.335.